The molecule has 0 unspecified atom stereocenters. The Morgan fingerprint density at radius 3 is 2.50 bits per heavy atom. The van der Waals surface area contributed by atoms with Crippen LogP contribution < -0.4 is 20.9 Å². The van der Waals surface area contributed by atoms with Crippen LogP contribution in [0, 0.1) is 0 Å². The molecule has 234 valence electrons. The zero-order valence-corrected chi connectivity index (χ0v) is 25.7. The number of ether oxygens (including phenoxy) is 3. The lowest BCUT2D eigenvalue weighted by molar-refractivity contribution is -0.172. The van der Waals surface area contributed by atoms with Gasteiger partial charge in [0.15, 0.2) is 5.60 Å². The van der Waals surface area contributed by atoms with Crippen LogP contribution in [-0.2, 0) is 39.6 Å². The summed E-state index contributed by atoms with van der Waals surface area (Å²) >= 11 is 0. The maximum Gasteiger partial charge on any atom is 0.412 e. The average Bonchev–Trinajstić information content (AvgIpc) is 3.30. The Labute approximate surface area is 254 Å². The van der Waals surface area contributed by atoms with E-state index in [1.165, 1.54) is 0 Å². The molecule has 1 atom stereocenters. The number of fused-ring (bicyclic) bond motifs is 5. The third kappa shape index (κ3) is 5.84. The number of pyridine rings is 2. The Bertz CT molecular complexity index is 1720. The molecule has 0 saturated heterocycles. The summed E-state index contributed by atoms with van der Waals surface area (Å²) in [6, 6.07) is 7.01. The fraction of sp³-hybridized carbons (Fsp3) is 0.452. The summed E-state index contributed by atoms with van der Waals surface area (Å²) in [7, 11) is 3.79. The number of carbonyl (C=O) groups is 3. The second kappa shape index (κ2) is 11.5. The number of rotatable bonds is 7. The van der Waals surface area contributed by atoms with Crippen LogP contribution in [0.4, 0.5) is 9.59 Å². The first-order valence-corrected chi connectivity index (χ1v) is 14.4. The summed E-state index contributed by atoms with van der Waals surface area (Å²) in [5, 5.41) is 17.1. The SMILES string of the molecule is CC[C@@]1(O)C(=O)OCc2c1cc1n(c2=O)Cc2cc3c(CN(C)C)c(OC(=O)NCCNC(=O)OC(C)(C)C)ccc3nc2-1. The van der Waals surface area contributed by atoms with E-state index in [0.29, 0.717) is 29.2 Å². The molecule has 3 N–H and O–H groups in total. The van der Waals surface area contributed by atoms with Gasteiger partial charge in [-0.3, -0.25) is 4.79 Å². The van der Waals surface area contributed by atoms with Gasteiger partial charge in [-0.15, -0.1) is 0 Å². The van der Waals surface area contributed by atoms with E-state index < -0.39 is 29.4 Å². The Kier molecular flexibility index (Phi) is 8.12. The Morgan fingerprint density at radius 2 is 1.84 bits per heavy atom. The molecule has 1 aromatic carbocycles. The smallest absolute Gasteiger partial charge is 0.412 e. The van der Waals surface area contributed by atoms with E-state index >= 15 is 0 Å². The van der Waals surface area contributed by atoms with Gasteiger partial charge in [0.05, 0.1) is 29.0 Å². The van der Waals surface area contributed by atoms with Crippen LogP contribution in [0.2, 0.25) is 0 Å². The number of alkyl carbamates (subject to hydrolysis) is 1. The van der Waals surface area contributed by atoms with Crippen molar-refractivity contribution in [2.45, 2.75) is 65.0 Å². The minimum Gasteiger partial charge on any atom is -0.458 e. The van der Waals surface area contributed by atoms with Crippen LogP contribution >= 0.6 is 0 Å². The highest BCUT2D eigenvalue weighted by Gasteiger charge is 2.45. The summed E-state index contributed by atoms with van der Waals surface area (Å²) in [4.78, 5) is 57.3. The van der Waals surface area contributed by atoms with Crippen molar-refractivity contribution < 1.29 is 33.7 Å². The van der Waals surface area contributed by atoms with Crippen molar-refractivity contribution in [3.05, 3.63) is 56.9 Å². The molecule has 0 saturated carbocycles. The van der Waals surface area contributed by atoms with Crippen molar-refractivity contribution in [1.29, 1.82) is 0 Å². The average molecular weight is 608 g/mol. The number of nitrogens with zero attached hydrogens (tertiary/aromatic N) is 3. The summed E-state index contributed by atoms with van der Waals surface area (Å²) < 4.78 is 17.6. The van der Waals surface area contributed by atoms with Crippen molar-refractivity contribution in [2.24, 2.45) is 0 Å². The number of carbonyl (C=O) groups excluding carboxylic acids is 3. The zero-order valence-electron chi connectivity index (χ0n) is 25.7. The molecular weight excluding hydrogens is 570 g/mol. The minimum absolute atomic E-state index is 0.0598. The summed E-state index contributed by atoms with van der Waals surface area (Å²) in [6.45, 7) is 7.71. The summed E-state index contributed by atoms with van der Waals surface area (Å²) in [6.07, 6.45) is -1.21. The standard InChI is InChI=1S/C31H37N5O8/c1-7-31(41)21-13-23-25-17(14-36(23)26(37)20(21)16-42-27(31)38)12-18-19(15-35(5)6)24(9-8-22(18)34-25)43-28(39)32-10-11-33-29(40)44-30(2,3)4/h8-9,12-13,41H,7,10-11,14-16H2,1-6H3,(H,32,39)(H,33,40)/t31-/m0/s1. The molecule has 2 aliphatic rings. The second-order valence-corrected chi connectivity index (χ2v) is 12.2. The molecule has 3 aromatic rings. The number of aromatic nitrogens is 2. The van der Waals surface area contributed by atoms with E-state index in [-0.39, 0.29) is 49.3 Å². The molecule has 0 aliphatic carbocycles. The van der Waals surface area contributed by atoms with Gasteiger partial charge in [0.25, 0.3) is 5.56 Å². The van der Waals surface area contributed by atoms with Gasteiger partial charge in [0, 0.05) is 41.7 Å². The van der Waals surface area contributed by atoms with Crippen LogP contribution in [0.15, 0.2) is 29.1 Å². The molecule has 2 amide bonds. The quantitative estimate of drug-likeness (QED) is 0.210. The lowest BCUT2D eigenvalue weighted by Gasteiger charge is -2.31. The van der Waals surface area contributed by atoms with Gasteiger partial charge in [-0.05, 0) is 65.6 Å². The first kappa shape index (κ1) is 31.0. The van der Waals surface area contributed by atoms with Gasteiger partial charge >= 0.3 is 18.2 Å². The van der Waals surface area contributed by atoms with Gasteiger partial charge in [-0.2, -0.15) is 0 Å². The van der Waals surface area contributed by atoms with E-state index in [0.717, 1.165) is 16.5 Å². The van der Waals surface area contributed by atoms with Gasteiger partial charge in [-0.1, -0.05) is 6.92 Å². The van der Waals surface area contributed by atoms with E-state index in [4.69, 9.17) is 19.2 Å². The lowest BCUT2D eigenvalue weighted by atomic mass is 9.86. The molecule has 0 spiro atoms. The van der Waals surface area contributed by atoms with Crippen molar-refractivity contribution in [2.75, 3.05) is 27.2 Å². The van der Waals surface area contributed by atoms with E-state index in [1.807, 2.05) is 25.1 Å². The maximum atomic E-state index is 13.5. The van der Waals surface area contributed by atoms with Gasteiger partial charge < -0.3 is 39.4 Å². The van der Waals surface area contributed by atoms with Crippen LogP contribution in [0.3, 0.4) is 0 Å². The number of cyclic esters (lactones) is 1. The number of amides is 2. The van der Waals surface area contributed by atoms with E-state index in [1.54, 1.807) is 50.5 Å². The van der Waals surface area contributed by atoms with Crippen LogP contribution in [-0.4, -0.2) is 70.5 Å². The van der Waals surface area contributed by atoms with Crippen molar-refractivity contribution in [3.8, 4) is 17.1 Å². The van der Waals surface area contributed by atoms with Crippen molar-refractivity contribution in [3.63, 3.8) is 0 Å². The van der Waals surface area contributed by atoms with Crippen molar-refractivity contribution in [1.82, 2.24) is 25.1 Å². The van der Waals surface area contributed by atoms with E-state index in [9.17, 15) is 24.3 Å². The molecule has 2 aliphatic heterocycles. The third-order valence-electron chi connectivity index (χ3n) is 7.50. The minimum atomic E-state index is -1.90. The van der Waals surface area contributed by atoms with Gasteiger partial charge in [-0.25, -0.2) is 19.4 Å². The molecule has 4 heterocycles. The van der Waals surface area contributed by atoms with Gasteiger partial charge in [0.2, 0.25) is 0 Å². The fourth-order valence-corrected chi connectivity index (χ4v) is 5.45. The van der Waals surface area contributed by atoms with E-state index in [2.05, 4.69) is 10.6 Å². The Morgan fingerprint density at radius 1 is 1.14 bits per heavy atom. The number of hydrogen-bond acceptors (Lipinski definition) is 10. The highest BCUT2D eigenvalue weighted by molar-refractivity contribution is 5.90. The molecule has 13 nitrogen and oxygen atoms in total. The predicted molar refractivity (Wildman–Crippen MR) is 160 cm³/mol. The second-order valence-electron chi connectivity index (χ2n) is 12.2. The lowest BCUT2D eigenvalue weighted by Crippen LogP contribution is -2.44. The molecule has 0 fully saturated rings. The molecule has 0 radical (unpaired) electrons. The number of aliphatic hydroxyl groups is 1. The summed E-state index contributed by atoms with van der Waals surface area (Å²) in [5.41, 5.74) is 0.866. The van der Waals surface area contributed by atoms with Crippen LogP contribution in [0.1, 0.15) is 56.4 Å². The Hall–Kier alpha value is -4.49. The number of nitrogens with one attached hydrogen (secondary N) is 2. The molecule has 44 heavy (non-hydrogen) atoms. The largest absolute Gasteiger partial charge is 0.458 e. The molecular formula is C31H37N5O8. The maximum absolute atomic E-state index is 13.5. The Balaban J connectivity index is 1.42. The molecule has 5 rings (SSSR count). The third-order valence-corrected chi connectivity index (χ3v) is 7.50. The highest BCUT2D eigenvalue weighted by Crippen LogP contribution is 2.40. The number of benzene rings is 1. The molecule has 2 aromatic heterocycles. The summed E-state index contributed by atoms with van der Waals surface area (Å²) in [5.74, 6) is -0.428. The van der Waals surface area contributed by atoms with Crippen LogP contribution in [0.5, 0.6) is 5.75 Å². The zero-order chi connectivity index (χ0) is 32.0. The normalized spacial score (nSPS) is 17.0. The first-order chi connectivity index (χ1) is 20.7. The fourth-order valence-electron chi connectivity index (χ4n) is 5.45. The molecule has 13 heteroatoms. The molecule has 0 bridgehead atoms. The topological polar surface area (TPSA) is 161 Å². The van der Waals surface area contributed by atoms with Crippen molar-refractivity contribution >= 4 is 29.1 Å². The first-order valence-electron chi connectivity index (χ1n) is 14.4. The highest BCUT2D eigenvalue weighted by atomic mass is 16.6. The predicted octanol–water partition coefficient (Wildman–Crippen LogP) is 2.75. The monoisotopic (exact) mass is 607 g/mol. The number of esters is 1. The van der Waals surface area contributed by atoms with Crippen LogP contribution in [0.25, 0.3) is 22.3 Å². The van der Waals surface area contributed by atoms with Gasteiger partial charge in [0.1, 0.15) is 18.0 Å². The number of hydrogen-bond donors (Lipinski definition) is 3.